The molecule has 2 heterocycles. The van der Waals surface area contributed by atoms with E-state index < -0.39 is 0 Å². The van der Waals surface area contributed by atoms with Gasteiger partial charge in [-0.15, -0.1) is 0 Å². The zero-order chi connectivity index (χ0) is 18.5. The first-order valence-electron chi connectivity index (χ1n) is 9.85. The number of anilines is 1. The molecule has 5 heteroatoms. The molecule has 0 aliphatic carbocycles. The Bertz CT molecular complexity index is 765. The number of nitrogens with one attached hydrogen (secondary N) is 1. The number of nitrogens with zero attached hydrogens (tertiary/aromatic N) is 2. The van der Waals surface area contributed by atoms with Gasteiger partial charge in [0, 0.05) is 37.4 Å². The van der Waals surface area contributed by atoms with Gasteiger partial charge in [-0.3, -0.25) is 4.90 Å². The van der Waals surface area contributed by atoms with Crippen molar-refractivity contribution in [2.75, 3.05) is 31.5 Å². The fourth-order valence-electron chi connectivity index (χ4n) is 4.00. The normalized spacial score (nSPS) is 20.0. The summed E-state index contributed by atoms with van der Waals surface area (Å²) in [6.07, 6.45) is 3.50. The third-order valence-electron chi connectivity index (χ3n) is 5.42. The standard InChI is InChI=1S/C22H27N3O2/c26-22(25-14-6-13-24-12-5-10-20(24)16-25)23-19-9-4-11-21(15-19)27-17-18-7-2-1-3-8-18/h1-4,7-9,11,15,20H,5-6,10,12-14,16-17H2,(H,23,26). The molecule has 2 aromatic carbocycles. The van der Waals surface area contributed by atoms with E-state index in [0.29, 0.717) is 12.6 Å². The van der Waals surface area contributed by atoms with Crippen molar-refractivity contribution in [2.45, 2.75) is 31.9 Å². The number of hydrogen-bond donors (Lipinski definition) is 1. The first-order valence-corrected chi connectivity index (χ1v) is 9.85. The van der Waals surface area contributed by atoms with E-state index in [1.54, 1.807) is 0 Å². The predicted molar refractivity (Wildman–Crippen MR) is 107 cm³/mol. The Labute approximate surface area is 160 Å². The van der Waals surface area contributed by atoms with Crippen LogP contribution in [-0.4, -0.2) is 48.1 Å². The Morgan fingerprint density at radius 2 is 1.89 bits per heavy atom. The number of benzene rings is 2. The second kappa shape index (κ2) is 8.44. The SMILES string of the molecule is O=C(Nc1cccc(OCc2ccccc2)c1)N1CCCN2CCCC2C1. The van der Waals surface area contributed by atoms with Gasteiger partial charge in [-0.2, -0.15) is 0 Å². The molecule has 2 aliphatic rings. The predicted octanol–water partition coefficient (Wildman–Crippen LogP) is 3.97. The number of carbonyl (C=O) groups excluding carboxylic acids is 1. The summed E-state index contributed by atoms with van der Waals surface area (Å²) in [7, 11) is 0. The van der Waals surface area contributed by atoms with Gasteiger partial charge >= 0.3 is 6.03 Å². The lowest BCUT2D eigenvalue weighted by Gasteiger charge is -2.26. The molecule has 0 spiro atoms. The van der Waals surface area contributed by atoms with Crippen LogP contribution in [0.5, 0.6) is 5.75 Å². The van der Waals surface area contributed by atoms with Crippen LogP contribution in [0.2, 0.25) is 0 Å². The van der Waals surface area contributed by atoms with Crippen molar-refractivity contribution >= 4 is 11.7 Å². The van der Waals surface area contributed by atoms with E-state index >= 15 is 0 Å². The minimum absolute atomic E-state index is 0.0102. The molecule has 1 N–H and O–H groups in total. The van der Waals surface area contributed by atoms with Gasteiger partial charge in [-0.25, -0.2) is 4.79 Å². The first-order chi connectivity index (χ1) is 13.3. The van der Waals surface area contributed by atoms with Crippen molar-refractivity contribution < 1.29 is 9.53 Å². The van der Waals surface area contributed by atoms with Crippen molar-refractivity contribution in [2.24, 2.45) is 0 Å². The number of amides is 2. The van der Waals surface area contributed by atoms with Gasteiger partial charge in [0.05, 0.1) is 0 Å². The number of urea groups is 1. The van der Waals surface area contributed by atoms with E-state index in [1.165, 1.54) is 19.4 Å². The quantitative estimate of drug-likeness (QED) is 0.892. The largest absolute Gasteiger partial charge is 0.489 e. The van der Waals surface area contributed by atoms with Gasteiger partial charge in [-0.05, 0) is 43.5 Å². The molecule has 4 rings (SSSR count). The molecule has 2 fully saturated rings. The molecular weight excluding hydrogens is 338 g/mol. The summed E-state index contributed by atoms with van der Waals surface area (Å²) in [5.41, 5.74) is 1.90. The fraction of sp³-hybridized carbons (Fsp3) is 0.409. The summed E-state index contributed by atoms with van der Waals surface area (Å²) < 4.78 is 5.86. The van der Waals surface area contributed by atoms with Crippen LogP contribution < -0.4 is 10.1 Å². The summed E-state index contributed by atoms with van der Waals surface area (Å²) in [6, 6.07) is 18.2. The summed E-state index contributed by atoms with van der Waals surface area (Å²) >= 11 is 0. The number of fused-ring (bicyclic) bond motifs is 1. The van der Waals surface area contributed by atoms with Crippen molar-refractivity contribution in [1.82, 2.24) is 9.80 Å². The minimum Gasteiger partial charge on any atom is -0.489 e. The second-order valence-electron chi connectivity index (χ2n) is 7.36. The Morgan fingerprint density at radius 1 is 1.04 bits per heavy atom. The minimum atomic E-state index is -0.0102. The lowest BCUT2D eigenvalue weighted by atomic mass is 10.2. The Hall–Kier alpha value is -2.53. The average molecular weight is 365 g/mol. The maximum absolute atomic E-state index is 12.8. The molecule has 2 amide bonds. The molecule has 2 aromatic rings. The van der Waals surface area contributed by atoms with E-state index in [4.69, 9.17) is 4.74 Å². The maximum Gasteiger partial charge on any atom is 0.321 e. The highest BCUT2D eigenvalue weighted by Crippen LogP contribution is 2.23. The third-order valence-corrected chi connectivity index (χ3v) is 5.42. The number of ether oxygens (including phenoxy) is 1. The molecule has 1 unspecified atom stereocenters. The summed E-state index contributed by atoms with van der Waals surface area (Å²) in [6.45, 7) is 4.46. The summed E-state index contributed by atoms with van der Waals surface area (Å²) in [5, 5.41) is 3.05. The Kier molecular flexibility index (Phi) is 5.58. The van der Waals surface area contributed by atoms with Crippen LogP contribution in [0.25, 0.3) is 0 Å². The van der Waals surface area contributed by atoms with Gasteiger partial charge in [0.2, 0.25) is 0 Å². The fourth-order valence-corrected chi connectivity index (χ4v) is 4.00. The van der Waals surface area contributed by atoms with Crippen molar-refractivity contribution in [3.05, 3.63) is 60.2 Å². The van der Waals surface area contributed by atoms with Crippen molar-refractivity contribution in [3.8, 4) is 5.75 Å². The van der Waals surface area contributed by atoms with Crippen molar-refractivity contribution in [3.63, 3.8) is 0 Å². The van der Waals surface area contributed by atoms with Crippen LogP contribution in [0.1, 0.15) is 24.8 Å². The molecule has 0 aromatic heterocycles. The van der Waals surface area contributed by atoms with E-state index in [1.807, 2.05) is 59.5 Å². The van der Waals surface area contributed by atoms with Gasteiger partial charge < -0.3 is 15.0 Å². The third kappa shape index (κ3) is 4.61. The highest BCUT2D eigenvalue weighted by molar-refractivity contribution is 5.89. The Balaban J connectivity index is 1.35. The van der Waals surface area contributed by atoms with E-state index in [0.717, 1.165) is 43.1 Å². The topological polar surface area (TPSA) is 44.8 Å². The van der Waals surface area contributed by atoms with Gasteiger partial charge in [0.1, 0.15) is 12.4 Å². The molecule has 27 heavy (non-hydrogen) atoms. The zero-order valence-electron chi connectivity index (χ0n) is 15.6. The molecule has 1 atom stereocenters. The van der Waals surface area contributed by atoms with E-state index in [9.17, 15) is 4.79 Å². The van der Waals surface area contributed by atoms with E-state index in [-0.39, 0.29) is 6.03 Å². The highest BCUT2D eigenvalue weighted by Gasteiger charge is 2.30. The number of hydrogen-bond acceptors (Lipinski definition) is 3. The van der Waals surface area contributed by atoms with Crippen LogP contribution >= 0.6 is 0 Å². The monoisotopic (exact) mass is 365 g/mol. The average Bonchev–Trinajstić information content (AvgIpc) is 3.04. The van der Waals surface area contributed by atoms with Gasteiger partial charge in [-0.1, -0.05) is 36.4 Å². The van der Waals surface area contributed by atoms with Crippen molar-refractivity contribution in [1.29, 1.82) is 0 Å². The molecule has 5 nitrogen and oxygen atoms in total. The number of carbonyl (C=O) groups is 1. The van der Waals surface area contributed by atoms with Gasteiger partial charge in [0.25, 0.3) is 0 Å². The Morgan fingerprint density at radius 3 is 2.78 bits per heavy atom. The molecule has 0 bridgehead atoms. The van der Waals surface area contributed by atoms with Crippen LogP contribution in [0.3, 0.4) is 0 Å². The van der Waals surface area contributed by atoms with Crippen LogP contribution in [-0.2, 0) is 6.61 Å². The van der Waals surface area contributed by atoms with Crippen LogP contribution in [0, 0.1) is 0 Å². The molecule has 0 saturated carbocycles. The first kappa shape index (κ1) is 17.9. The maximum atomic E-state index is 12.8. The molecule has 2 saturated heterocycles. The zero-order valence-corrected chi connectivity index (χ0v) is 15.6. The smallest absolute Gasteiger partial charge is 0.321 e. The van der Waals surface area contributed by atoms with Gasteiger partial charge in [0.15, 0.2) is 0 Å². The van der Waals surface area contributed by atoms with Crippen LogP contribution in [0.15, 0.2) is 54.6 Å². The molecule has 2 aliphatic heterocycles. The summed E-state index contributed by atoms with van der Waals surface area (Å²) in [4.78, 5) is 17.3. The summed E-state index contributed by atoms with van der Waals surface area (Å²) in [5.74, 6) is 0.759. The molecule has 0 radical (unpaired) electrons. The van der Waals surface area contributed by atoms with Crippen LogP contribution in [0.4, 0.5) is 10.5 Å². The lowest BCUT2D eigenvalue weighted by Crippen LogP contribution is -2.41. The number of rotatable bonds is 4. The highest BCUT2D eigenvalue weighted by atomic mass is 16.5. The lowest BCUT2D eigenvalue weighted by molar-refractivity contribution is 0.200. The molecular formula is C22H27N3O2. The molecule has 142 valence electrons. The van der Waals surface area contributed by atoms with E-state index in [2.05, 4.69) is 10.2 Å². The second-order valence-corrected chi connectivity index (χ2v) is 7.36.